The summed E-state index contributed by atoms with van der Waals surface area (Å²) in [6.45, 7) is 0. The number of carbonyl (C=O) groups excluding carboxylic acids is 1. The Morgan fingerprint density at radius 1 is 1.18 bits per heavy atom. The highest BCUT2D eigenvalue weighted by Gasteiger charge is 2.26. The number of thioether (sulfide) groups is 1. The van der Waals surface area contributed by atoms with Crippen molar-refractivity contribution < 1.29 is 9.53 Å². The van der Waals surface area contributed by atoms with Crippen LogP contribution in [-0.4, -0.2) is 27.7 Å². The molecule has 0 saturated heterocycles. The highest BCUT2D eigenvalue weighted by atomic mass is 35.5. The molecule has 1 atom stereocenters. The third-order valence-corrected chi connectivity index (χ3v) is 6.38. The molecular weight excluding hydrogens is 396 g/mol. The highest BCUT2D eigenvalue weighted by Crippen LogP contribution is 2.34. The second kappa shape index (κ2) is 7.97. The molecule has 3 aromatic rings. The second-order valence-corrected chi connectivity index (χ2v) is 8.29. The Labute approximate surface area is 171 Å². The predicted molar refractivity (Wildman–Crippen MR) is 112 cm³/mol. The van der Waals surface area contributed by atoms with Gasteiger partial charge in [0.2, 0.25) is 0 Å². The Kier molecular flexibility index (Phi) is 5.42. The van der Waals surface area contributed by atoms with E-state index < -0.39 is 0 Å². The maximum Gasteiger partial charge on any atom is 0.266 e. The molecule has 1 heterocycles. The maximum absolute atomic E-state index is 13.4. The minimum Gasteiger partial charge on any atom is -0.495 e. The Bertz CT molecular complexity index is 1110. The quantitative estimate of drug-likeness (QED) is 0.581. The van der Waals surface area contributed by atoms with Crippen molar-refractivity contribution in [3.8, 4) is 11.4 Å². The number of ketones is 1. The topological polar surface area (TPSA) is 61.2 Å². The first kappa shape index (κ1) is 19.0. The highest BCUT2D eigenvalue weighted by molar-refractivity contribution is 8.00. The van der Waals surface area contributed by atoms with Crippen LogP contribution >= 0.6 is 23.4 Å². The van der Waals surface area contributed by atoms with Crippen LogP contribution in [0.2, 0.25) is 5.02 Å². The van der Waals surface area contributed by atoms with Crippen molar-refractivity contribution in [3.05, 3.63) is 57.8 Å². The van der Waals surface area contributed by atoms with Gasteiger partial charge in [-0.25, -0.2) is 4.98 Å². The summed E-state index contributed by atoms with van der Waals surface area (Å²) in [6.07, 6.45) is 3.30. The van der Waals surface area contributed by atoms with Crippen molar-refractivity contribution in [1.82, 2.24) is 9.55 Å². The molecule has 0 N–H and O–H groups in total. The van der Waals surface area contributed by atoms with Crippen molar-refractivity contribution in [1.29, 1.82) is 0 Å². The van der Waals surface area contributed by atoms with Gasteiger partial charge in [0.15, 0.2) is 5.16 Å². The van der Waals surface area contributed by atoms with Crippen molar-refractivity contribution in [2.24, 2.45) is 0 Å². The number of ether oxygens (including phenoxy) is 1. The average Bonchev–Trinajstić information content (AvgIpc) is 2.70. The summed E-state index contributed by atoms with van der Waals surface area (Å²) in [5.41, 5.74) is 0.913. The molecule has 144 valence electrons. The van der Waals surface area contributed by atoms with Crippen LogP contribution in [0.4, 0.5) is 0 Å². The van der Waals surface area contributed by atoms with E-state index in [2.05, 4.69) is 0 Å². The molecular formula is C21H19ClN2O3S. The van der Waals surface area contributed by atoms with Crippen LogP contribution in [0.1, 0.15) is 25.7 Å². The number of benzene rings is 2. The summed E-state index contributed by atoms with van der Waals surface area (Å²) < 4.78 is 7.01. The number of hydrogen-bond acceptors (Lipinski definition) is 5. The second-order valence-electron chi connectivity index (χ2n) is 6.69. The first-order valence-electron chi connectivity index (χ1n) is 9.13. The zero-order valence-corrected chi connectivity index (χ0v) is 16.9. The fraction of sp³-hybridized carbons (Fsp3) is 0.286. The molecule has 2 aromatic carbocycles. The summed E-state index contributed by atoms with van der Waals surface area (Å²) >= 11 is 7.46. The SMILES string of the molecule is COc1ccccc1-n1c(S[C@@H]2CCCCC2=O)nc2cc(Cl)ccc2c1=O. The predicted octanol–water partition coefficient (Wildman–Crippen LogP) is 4.65. The van der Waals surface area contributed by atoms with E-state index in [0.29, 0.717) is 38.9 Å². The third kappa shape index (κ3) is 3.54. The minimum absolute atomic E-state index is 0.196. The van der Waals surface area contributed by atoms with E-state index in [9.17, 15) is 9.59 Å². The molecule has 28 heavy (non-hydrogen) atoms. The van der Waals surface area contributed by atoms with Crippen LogP contribution in [0.25, 0.3) is 16.6 Å². The summed E-state index contributed by atoms with van der Waals surface area (Å²) in [5, 5.41) is 1.26. The van der Waals surface area contributed by atoms with Gasteiger partial charge in [0, 0.05) is 11.4 Å². The fourth-order valence-electron chi connectivity index (χ4n) is 3.45. The summed E-state index contributed by atoms with van der Waals surface area (Å²) in [5.74, 6) is 0.778. The number of Topliss-reactive ketones (excluding diaryl/α,β-unsaturated/α-hetero) is 1. The summed E-state index contributed by atoms with van der Waals surface area (Å²) in [6, 6.07) is 12.3. The monoisotopic (exact) mass is 414 g/mol. The molecule has 4 rings (SSSR count). The molecule has 1 fully saturated rings. The third-order valence-electron chi connectivity index (χ3n) is 4.87. The number of hydrogen-bond donors (Lipinski definition) is 0. The molecule has 0 radical (unpaired) electrons. The fourth-order valence-corrected chi connectivity index (χ4v) is 4.84. The molecule has 1 saturated carbocycles. The number of rotatable bonds is 4. The van der Waals surface area contributed by atoms with Crippen molar-refractivity contribution in [3.63, 3.8) is 0 Å². The van der Waals surface area contributed by atoms with Crippen LogP contribution in [0.5, 0.6) is 5.75 Å². The lowest BCUT2D eigenvalue weighted by molar-refractivity contribution is -0.119. The molecule has 5 nitrogen and oxygen atoms in total. The molecule has 1 aromatic heterocycles. The number of methoxy groups -OCH3 is 1. The molecule has 1 aliphatic carbocycles. The molecule has 0 amide bonds. The van der Waals surface area contributed by atoms with E-state index in [1.54, 1.807) is 35.9 Å². The van der Waals surface area contributed by atoms with Gasteiger partial charge in [0.25, 0.3) is 5.56 Å². The van der Waals surface area contributed by atoms with E-state index in [1.807, 2.05) is 18.2 Å². The lowest BCUT2D eigenvalue weighted by Gasteiger charge is -2.22. The van der Waals surface area contributed by atoms with Crippen molar-refractivity contribution >= 4 is 40.0 Å². The van der Waals surface area contributed by atoms with E-state index in [-0.39, 0.29) is 16.6 Å². The van der Waals surface area contributed by atoms with Crippen molar-refractivity contribution in [2.45, 2.75) is 36.1 Å². The smallest absolute Gasteiger partial charge is 0.266 e. The lowest BCUT2D eigenvalue weighted by atomic mass is 9.99. The van der Waals surface area contributed by atoms with Gasteiger partial charge in [-0.15, -0.1) is 0 Å². The van der Waals surface area contributed by atoms with Gasteiger partial charge in [0.1, 0.15) is 11.5 Å². The lowest BCUT2D eigenvalue weighted by Crippen LogP contribution is -2.26. The first-order chi connectivity index (χ1) is 13.6. The van der Waals surface area contributed by atoms with Gasteiger partial charge in [-0.3, -0.25) is 14.2 Å². The van der Waals surface area contributed by atoms with Crippen LogP contribution in [0.3, 0.4) is 0 Å². The normalized spacial score (nSPS) is 17.1. The van der Waals surface area contributed by atoms with Crippen molar-refractivity contribution in [2.75, 3.05) is 7.11 Å². The van der Waals surface area contributed by atoms with Gasteiger partial charge in [-0.1, -0.05) is 41.9 Å². The number of halogens is 1. The number of carbonyl (C=O) groups is 1. The standard InChI is InChI=1S/C21H19ClN2O3S/c1-27-18-8-4-2-6-16(18)24-20(26)14-11-10-13(22)12-15(14)23-21(24)28-19-9-5-3-7-17(19)25/h2,4,6,8,10-12,19H,3,5,7,9H2,1H3/t19-/m1/s1. The summed E-state index contributed by atoms with van der Waals surface area (Å²) in [4.78, 5) is 30.5. The molecule has 0 aliphatic heterocycles. The molecule has 7 heteroatoms. The van der Waals surface area contributed by atoms with Gasteiger partial charge < -0.3 is 4.74 Å². The Morgan fingerprint density at radius 2 is 2.00 bits per heavy atom. The largest absolute Gasteiger partial charge is 0.495 e. The van der Waals surface area contributed by atoms with Gasteiger partial charge in [0.05, 0.1) is 29.0 Å². The minimum atomic E-state index is -0.211. The number of fused-ring (bicyclic) bond motifs is 1. The van der Waals surface area contributed by atoms with E-state index >= 15 is 0 Å². The molecule has 0 unspecified atom stereocenters. The van der Waals surface area contributed by atoms with Crippen LogP contribution in [0.15, 0.2) is 52.4 Å². The molecule has 0 bridgehead atoms. The summed E-state index contributed by atoms with van der Waals surface area (Å²) in [7, 11) is 1.57. The molecule has 0 spiro atoms. The zero-order valence-electron chi connectivity index (χ0n) is 15.4. The Balaban J connectivity index is 1.95. The van der Waals surface area contributed by atoms with Crippen LogP contribution < -0.4 is 10.3 Å². The van der Waals surface area contributed by atoms with E-state index in [4.69, 9.17) is 21.3 Å². The van der Waals surface area contributed by atoms with Gasteiger partial charge >= 0.3 is 0 Å². The number of aromatic nitrogens is 2. The maximum atomic E-state index is 13.4. The van der Waals surface area contributed by atoms with Gasteiger partial charge in [-0.05, 0) is 43.2 Å². The van der Waals surface area contributed by atoms with E-state index in [0.717, 1.165) is 19.3 Å². The average molecular weight is 415 g/mol. The van der Waals surface area contributed by atoms with E-state index in [1.165, 1.54) is 11.8 Å². The van der Waals surface area contributed by atoms with Gasteiger partial charge in [-0.2, -0.15) is 0 Å². The van der Waals surface area contributed by atoms with Crippen LogP contribution in [0, 0.1) is 0 Å². The zero-order chi connectivity index (χ0) is 19.7. The Morgan fingerprint density at radius 3 is 2.79 bits per heavy atom. The molecule has 1 aliphatic rings. The van der Waals surface area contributed by atoms with Crippen LogP contribution in [-0.2, 0) is 4.79 Å². The Hall–Kier alpha value is -2.31. The number of para-hydroxylation sites is 2. The first-order valence-corrected chi connectivity index (χ1v) is 10.4. The number of nitrogens with zero attached hydrogens (tertiary/aromatic N) is 2.